The minimum absolute atomic E-state index is 0.488. The van der Waals surface area contributed by atoms with Crippen LogP contribution in [0.1, 0.15) is 22.2 Å². The van der Waals surface area contributed by atoms with Gasteiger partial charge in [-0.25, -0.2) is 4.79 Å². The second-order valence-electron chi connectivity index (χ2n) is 4.45. The van der Waals surface area contributed by atoms with E-state index in [1.54, 1.807) is 36.6 Å². The fourth-order valence-corrected chi connectivity index (χ4v) is 2.49. The summed E-state index contributed by atoms with van der Waals surface area (Å²) in [5.74, 6) is 0.996. The zero-order valence-corrected chi connectivity index (χ0v) is 14.1. The molecule has 6 nitrogen and oxygen atoms in total. The SMILES string of the molecule is COc1cc(C(C)=NOC(=O)c2cccs2)cc(OC)c1OC. The van der Waals surface area contributed by atoms with Crippen LogP contribution < -0.4 is 14.2 Å². The summed E-state index contributed by atoms with van der Waals surface area (Å²) in [7, 11) is 4.60. The van der Waals surface area contributed by atoms with E-state index in [4.69, 9.17) is 19.0 Å². The molecule has 122 valence electrons. The highest BCUT2D eigenvalue weighted by atomic mass is 32.1. The molecule has 0 bridgehead atoms. The highest BCUT2D eigenvalue weighted by molar-refractivity contribution is 7.11. The second-order valence-corrected chi connectivity index (χ2v) is 5.39. The first-order valence-corrected chi connectivity index (χ1v) is 7.58. The molecule has 0 N–H and O–H groups in total. The molecule has 0 atom stereocenters. The molecule has 1 aromatic heterocycles. The van der Waals surface area contributed by atoms with Gasteiger partial charge in [-0.15, -0.1) is 11.3 Å². The van der Waals surface area contributed by atoms with Crippen LogP contribution in [0.4, 0.5) is 0 Å². The molecule has 0 aliphatic heterocycles. The van der Waals surface area contributed by atoms with Crippen LogP contribution in [0.15, 0.2) is 34.8 Å². The van der Waals surface area contributed by atoms with E-state index in [-0.39, 0.29) is 0 Å². The third-order valence-electron chi connectivity index (χ3n) is 3.07. The summed E-state index contributed by atoms with van der Waals surface area (Å²) in [5.41, 5.74) is 1.20. The molecular weight excluding hydrogens is 318 g/mol. The van der Waals surface area contributed by atoms with Crippen LogP contribution in [-0.4, -0.2) is 33.0 Å². The number of hydrogen-bond acceptors (Lipinski definition) is 7. The quantitative estimate of drug-likeness (QED) is 0.460. The number of ether oxygens (including phenoxy) is 3. The van der Waals surface area contributed by atoms with E-state index in [0.717, 1.165) is 0 Å². The number of methoxy groups -OCH3 is 3. The summed E-state index contributed by atoms with van der Waals surface area (Å²) in [6.07, 6.45) is 0. The van der Waals surface area contributed by atoms with Gasteiger partial charge >= 0.3 is 5.97 Å². The Bertz CT molecular complexity index is 684. The largest absolute Gasteiger partial charge is 0.493 e. The van der Waals surface area contributed by atoms with E-state index in [9.17, 15) is 4.79 Å². The first-order valence-electron chi connectivity index (χ1n) is 6.70. The van der Waals surface area contributed by atoms with Crippen molar-refractivity contribution in [3.8, 4) is 17.2 Å². The fraction of sp³-hybridized carbons (Fsp3) is 0.250. The van der Waals surface area contributed by atoms with Gasteiger partial charge in [-0.1, -0.05) is 11.2 Å². The lowest BCUT2D eigenvalue weighted by molar-refractivity contribution is 0.0522. The van der Waals surface area contributed by atoms with Gasteiger partial charge in [-0.3, -0.25) is 0 Å². The summed E-state index contributed by atoms with van der Waals surface area (Å²) in [5, 5.41) is 5.68. The van der Waals surface area contributed by atoms with E-state index in [1.807, 2.05) is 0 Å². The van der Waals surface area contributed by atoms with Gasteiger partial charge in [0.25, 0.3) is 0 Å². The first kappa shape index (κ1) is 16.8. The predicted octanol–water partition coefficient (Wildman–Crippen LogP) is 3.35. The number of thiophene rings is 1. The molecule has 0 fully saturated rings. The molecule has 23 heavy (non-hydrogen) atoms. The topological polar surface area (TPSA) is 66.4 Å². The highest BCUT2D eigenvalue weighted by Gasteiger charge is 2.15. The van der Waals surface area contributed by atoms with Crippen molar-refractivity contribution in [3.63, 3.8) is 0 Å². The van der Waals surface area contributed by atoms with Crippen LogP contribution in [-0.2, 0) is 4.84 Å². The van der Waals surface area contributed by atoms with Gasteiger partial charge in [0, 0.05) is 5.56 Å². The number of nitrogens with zero attached hydrogens (tertiary/aromatic N) is 1. The monoisotopic (exact) mass is 335 g/mol. The van der Waals surface area contributed by atoms with Gasteiger partial charge in [0.15, 0.2) is 11.5 Å². The molecular formula is C16H17NO5S. The number of benzene rings is 1. The van der Waals surface area contributed by atoms with Gasteiger partial charge in [0.1, 0.15) is 4.88 Å². The third kappa shape index (κ3) is 3.81. The summed E-state index contributed by atoms with van der Waals surface area (Å²) in [6, 6.07) is 6.92. The lowest BCUT2D eigenvalue weighted by Crippen LogP contribution is -2.04. The zero-order valence-electron chi connectivity index (χ0n) is 13.3. The molecule has 0 amide bonds. The lowest BCUT2D eigenvalue weighted by atomic mass is 10.1. The van der Waals surface area contributed by atoms with Gasteiger partial charge in [0.2, 0.25) is 5.75 Å². The summed E-state index contributed by atoms with van der Waals surface area (Å²) in [4.78, 5) is 17.2. The summed E-state index contributed by atoms with van der Waals surface area (Å²) >= 11 is 1.30. The first-order chi connectivity index (χ1) is 11.1. The highest BCUT2D eigenvalue weighted by Crippen LogP contribution is 2.38. The van der Waals surface area contributed by atoms with Crippen LogP contribution in [0.3, 0.4) is 0 Å². The number of oxime groups is 1. The third-order valence-corrected chi connectivity index (χ3v) is 3.92. The number of hydrogen-bond donors (Lipinski definition) is 0. The van der Waals surface area contributed by atoms with Crippen molar-refractivity contribution in [1.82, 2.24) is 0 Å². The van der Waals surface area contributed by atoms with Crippen molar-refractivity contribution >= 4 is 23.0 Å². The Morgan fingerprint density at radius 3 is 2.22 bits per heavy atom. The minimum Gasteiger partial charge on any atom is -0.493 e. The Balaban J connectivity index is 2.26. The maximum Gasteiger partial charge on any atom is 0.375 e. The van der Waals surface area contributed by atoms with E-state index in [1.165, 1.54) is 32.7 Å². The maximum atomic E-state index is 11.8. The molecule has 0 saturated heterocycles. The number of carbonyl (C=O) groups excluding carboxylic acids is 1. The molecule has 1 heterocycles. The molecule has 0 radical (unpaired) electrons. The smallest absolute Gasteiger partial charge is 0.375 e. The molecule has 0 unspecified atom stereocenters. The van der Waals surface area contributed by atoms with Crippen LogP contribution in [0, 0.1) is 0 Å². The molecule has 0 spiro atoms. The van der Waals surface area contributed by atoms with Crippen molar-refractivity contribution in [2.75, 3.05) is 21.3 Å². The summed E-state index contributed by atoms with van der Waals surface area (Å²) in [6.45, 7) is 1.72. The van der Waals surface area contributed by atoms with E-state index < -0.39 is 5.97 Å². The summed E-state index contributed by atoms with van der Waals surface area (Å²) < 4.78 is 15.8. The zero-order chi connectivity index (χ0) is 16.8. The van der Waals surface area contributed by atoms with E-state index >= 15 is 0 Å². The van der Waals surface area contributed by atoms with Crippen molar-refractivity contribution in [2.24, 2.45) is 5.16 Å². The Kier molecular flexibility index (Phi) is 5.59. The van der Waals surface area contributed by atoms with Crippen LogP contribution in [0.2, 0.25) is 0 Å². The van der Waals surface area contributed by atoms with Gasteiger partial charge in [-0.2, -0.15) is 0 Å². The maximum absolute atomic E-state index is 11.8. The fourth-order valence-electron chi connectivity index (χ4n) is 1.89. The molecule has 2 rings (SSSR count). The Morgan fingerprint density at radius 2 is 1.74 bits per heavy atom. The lowest BCUT2D eigenvalue weighted by Gasteiger charge is -2.13. The predicted molar refractivity (Wildman–Crippen MR) is 88.0 cm³/mol. The van der Waals surface area contributed by atoms with Crippen molar-refractivity contribution in [3.05, 3.63) is 40.1 Å². The molecule has 1 aromatic carbocycles. The van der Waals surface area contributed by atoms with Crippen molar-refractivity contribution < 1.29 is 23.8 Å². The van der Waals surface area contributed by atoms with Gasteiger partial charge < -0.3 is 19.0 Å². The molecule has 0 aliphatic rings. The van der Waals surface area contributed by atoms with Crippen LogP contribution >= 0.6 is 11.3 Å². The minimum atomic E-state index is -0.494. The number of carbonyl (C=O) groups is 1. The average Bonchev–Trinajstić information content (AvgIpc) is 3.12. The molecule has 0 saturated carbocycles. The Labute approximate surface area is 138 Å². The molecule has 7 heteroatoms. The Morgan fingerprint density at radius 1 is 1.09 bits per heavy atom. The van der Waals surface area contributed by atoms with E-state index in [2.05, 4.69) is 5.16 Å². The molecule has 0 aliphatic carbocycles. The normalized spacial score (nSPS) is 11.0. The number of rotatable bonds is 6. The molecule has 2 aromatic rings. The second kappa shape index (κ2) is 7.64. The van der Waals surface area contributed by atoms with Gasteiger partial charge in [0.05, 0.1) is 27.0 Å². The average molecular weight is 335 g/mol. The Hall–Kier alpha value is -2.54. The van der Waals surface area contributed by atoms with Gasteiger partial charge in [-0.05, 0) is 30.5 Å². The van der Waals surface area contributed by atoms with Crippen LogP contribution in [0.5, 0.6) is 17.2 Å². The van der Waals surface area contributed by atoms with Crippen LogP contribution in [0.25, 0.3) is 0 Å². The standard InChI is InChI=1S/C16H17NO5S/c1-10(17-22-16(18)14-6-5-7-23-14)11-8-12(19-2)15(21-4)13(9-11)20-3/h5-9H,1-4H3. The van der Waals surface area contributed by atoms with Crippen molar-refractivity contribution in [2.45, 2.75) is 6.92 Å². The van der Waals surface area contributed by atoms with Crippen molar-refractivity contribution in [1.29, 1.82) is 0 Å². The van der Waals surface area contributed by atoms with E-state index in [0.29, 0.717) is 33.4 Å².